The molecule has 0 amide bonds. The van der Waals surface area contributed by atoms with Gasteiger partial charge in [0.25, 0.3) is 0 Å². The van der Waals surface area contributed by atoms with Gasteiger partial charge in [-0.1, -0.05) is 20.3 Å². The summed E-state index contributed by atoms with van der Waals surface area (Å²) in [7, 11) is 0. The van der Waals surface area contributed by atoms with Crippen molar-refractivity contribution in [1.82, 2.24) is 0 Å². The molecule has 0 aromatic carbocycles. The summed E-state index contributed by atoms with van der Waals surface area (Å²) in [6, 6.07) is 2.16. The third-order valence-corrected chi connectivity index (χ3v) is 4.07. The number of nitrogens with two attached hydrogens (primary N) is 1. The normalized spacial score (nSPS) is 33.9. The van der Waals surface area contributed by atoms with E-state index in [1.54, 1.807) is 12.5 Å². The maximum Gasteiger partial charge on any atom is 0.0950 e. The van der Waals surface area contributed by atoms with E-state index in [1.807, 2.05) is 6.07 Å². The van der Waals surface area contributed by atoms with Gasteiger partial charge in [-0.15, -0.1) is 0 Å². The molecule has 4 unspecified atom stereocenters. The quantitative estimate of drug-likeness (QED) is 0.807. The van der Waals surface area contributed by atoms with Crippen molar-refractivity contribution in [2.24, 2.45) is 23.5 Å². The molecule has 15 heavy (non-hydrogen) atoms. The highest BCUT2D eigenvalue weighted by Gasteiger charge is 2.29. The molecular weight excluding hydrogens is 186 g/mol. The zero-order valence-corrected chi connectivity index (χ0v) is 9.65. The molecule has 1 heterocycles. The van der Waals surface area contributed by atoms with Gasteiger partial charge in [-0.2, -0.15) is 0 Å². The van der Waals surface area contributed by atoms with Crippen molar-refractivity contribution in [3.8, 4) is 0 Å². The highest BCUT2D eigenvalue weighted by atomic mass is 16.3. The van der Waals surface area contributed by atoms with Crippen LogP contribution in [-0.2, 0) is 0 Å². The van der Waals surface area contributed by atoms with Crippen LogP contribution in [0.1, 0.15) is 44.7 Å². The Morgan fingerprint density at radius 2 is 2.13 bits per heavy atom. The third kappa shape index (κ3) is 2.25. The van der Waals surface area contributed by atoms with Gasteiger partial charge < -0.3 is 10.2 Å². The van der Waals surface area contributed by atoms with E-state index in [4.69, 9.17) is 10.2 Å². The van der Waals surface area contributed by atoms with Crippen LogP contribution < -0.4 is 5.73 Å². The molecule has 0 saturated heterocycles. The van der Waals surface area contributed by atoms with E-state index in [0.717, 1.165) is 17.4 Å². The van der Waals surface area contributed by atoms with Gasteiger partial charge in [0, 0.05) is 11.6 Å². The van der Waals surface area contributed by atoms with Crippen LogP contribution in [0.15, 0.2) is 23.0 Å². The number of furan rings is 1. The summed E-state index contributed by atoms with van der Waals surface area (Å²) in [6.45, 7) is 4.70. The standard InChI is InChI=1S/C13H21NO/c1-9-3-4-11(7-10(9)2)13(14)12-5-6-15-8-12/h5-6,8-11,13H,3-4,7,14H2,1-2H3. The topological polar surface area (TPSA) is 39.2 Å². The maximum atomic E-state index is 6.26. The van der Waals surface area contributed by atoms with Gasteiger partial charge in [0.05, 0.1) is 12.5 Å². The van der Waals surface area contributed by atoms with E-state index in [-0.39, 0.29) is 6.04 Å². The summed E-state index contributed by atoms with van der Waals surface area (Å²) in [5, 5.41) is 0. The Morgan fingerprint density at radius 1 is 1.33 bits per heavy atom. The first-order valence-corrected chi connectivity index (χ1v) is 5.96. The fourth-order valence-corrected chi connectivity index (χ4v) is 2.65. The van der Waals surface area contributed by atoms with Crippen LogP contribution in [0.4, 0.5) is 0 Å². The molecule has 1 aliphatic carbocycles. The van der Waals surface area contributed by atoms with Crippen LogP contribution in [0.3, 0.4) is 0 Å². The monoisotopic (exact) mass is 207 g/mol. The fourth-order valence-electron chi connectivity index (χ4n) is 2.65. The van der Waals surface area contributed by atoms with Gasteiger partial charge in [0.2, 0.25) is 0 Å². The molecule has 84 valence electrons. The average Bonchev–Trinajstić information content (AvgIpc) is 2.74. The van der Waals surface area contributed by atoms with Crippen molar-refractivity contribution in [2.45, 2.75) is 39.2 Å². The molecule has 2 N–H and O–H groups in total. The molecule has 2 nitrogen and oxygen atoms in total. The van der Waals surface area contributed by atoms with E-state index >= 15 is 0 Å². The first kappa shape index (κ1) is 10.7. The SMILES string of the molecule is CC1CCC(C(N)c2ccoc2)CC1C. The predicted octanol–water partition coefficient (Wildman–Crippen LogP) is 3.35. The number of hydrogen-bond acceptors (Lipinski definition) is 2. The third-order valence-electron chi connectivity index (χ3n) is 4.07. The lowest BCUT2D eigenvalue weighted by molar-refractivity contribution is 0.186. The summed E-state index contributed by atoms with van der Waals surface area (Å²) >= 11 is 0. The van der Waals surface area contributed by atoms with E-state index in [2.05, 4.69) is 13.8 Å². The predicted molar refractivity (Wildman–Crippen MR) is 61.3 cm³/mol. The van der Waals surface area contributed by atoms with Crippen molar-refractivity contribution in [3.63, 3.8) is 0 Å². The Labute approximate surface area is 91.8 Å². The molecule has 0 radical (unpaired) electrons. The van der Waals surface area contributed by atoms with E-state index in [9.17, 15) is 0 Å². The van der Waals surface area contributed by atoms with Gasteiger partial charge in [0.1, 0.15) is 0 Å². The minimum atomic E-state index is 0.165. The molecule has 1 aromatic heterocycles. The Kier molecular flexibility index (Phi) is 3.15. The Balaban J connectivity index is 2.00. The van der Waals surface area contributed by atoms with E-state index in [0.29, 0.717) is 5.92 Å². The Morgan fingerprint density at radius 3 is 2.73 bits per heavy atom. The molecule has 2 rings (SSSR count). The van der Waals surface area contributed by atoms with Crippen LogP contribution in [0.2, 0.25) is 0 Å². The molecule has 1 fully saturated rings. The first-order chi connectivity index (χ1) is 7.18. The van der Waals surface area contributed by atoms with Crippen LogP contribution in [-0.4, -0.2) is 0 Å². The average molecular weight is 207 g/mol. The second-order valence-electron chi connectivity index (χ2n) is 5.11. The molecule has 0 bridgehead atoms. The summed E-state index contributed by atoms with van der Waals surface area (Å²) in [4.78, 5) is 0. The minimum Gasteiger partial charge on any atom is -0.472 e. The van der Waals surface area contributed by atoms with E-state index in [1.165, 1.54) is 19.3 Å². The van der Waals surface area contributed by atoms with Crippen LogP contribution in [0, 0.1) is 17.8 Å². The van der Waals surface area contributed by atoms with Gasteiger partial charge in [-0.05, 0) is 36.7 Å². The van der Waals surface area contributed by atoms with Gasteiger partial charge in [0.15, 0.2) is 0 Å². The van der Waals surface area contributed by atoms with Crippen molar-refractivity contribution in [3.05, 3.63) is 24.2 Å². The minimum absolute atomic E-state index is 0.165. The maximum absolute atomic E-state index is 6.26. The van der Waals surface area contributed by atoms with Crippen molar-refractivity contribution in [1.29, 1.82) is 0 Å². The molecule has 1 aliphatic rings. The Hall–Kier alpha value is -0.760. The highest BCUT2D eigenvalue weighted by molar-refractivity contribution is 5.12. The summed E-state index contributed by atoms with van der Waals surface area (Å²) in [6.07, 6.45) is 7.33. The Bertz CT molecular complexity index is 293. The fraction of sp³-hybridized carbons (Fsp3) is 0.692. The van der Waals surface area contributed by atoms with Gasteiger partial charge in [-0.3, -0.25) is 0 Å². The first-order valence-electron chi connectivity index (χ1n) is 5.96. The zero-order valence-electron chi connectivity index (χ0n) is 9.65. The summed E-state index contributed by atoms with van der Waals surface area (Å²) in [5.41, 5.74) is 7.42. The zero-order chi connectivity index (χ0) is 10.8. The lowest BCUT2D eigenvalue weighted by atomic mass is 9.72. The smallest absolute Gasteiger partial charge is 0.0950 e. The van der Waals surface area contributed by atoms with Gasteiger partial charge in [-0.25, -0.2) is 0 Å². The molecule has 1 aromatic rings. The van der Waals surface area contributed by atoms with Crippen LogP contribution in [0.25, 0.3) is 0 Å². The van der Waals surface area contributed by atoms with Crippen LogP contribution in [0.5, 0.6) is 0 Å². The summed E-state index contributed by atoms with van der Waals surface area (Å²) < 4.78 is 5.09. The largest absolute Gasteiger partial charge is 0.472 e. The lowest BCUT2D eigenvalue weighted by Crippen LogP contribution is -2.29. The van der Waals surface area contributed by atoms with Crippen molar-refractivity contribution < 1.29 is 4.42 Å². The van der Waals surface area contributed by atoms with Crippen LogP contribution >= 0.6 is 0 Å². The molecule has 0 spiro atoms. The second kappa shape index (κ2) is 4.40. The second-order valence-corrected chi connectivity index (χ2v) is 5.11. The molecule has 2 heteroatoms. The lowest BCUT2D eigenvalue weighted by Gasteiger charge is -2.34. The summed E-state index contributed by atoms with van der Waals surface area (Å²) in [5.74, 6) is 2.30. The van der Waals surface area contributed by atoms with Gasteiger partial charge >= 0.3 is 0 Å². The number of hydrogen-bond donors (Lipinski definition) is 1. The van der Waals surface area contributed by atoms with Crippen molar-refractivity contribution >= 4 is 0 Å². The molecule has 4 atom stereocenters. The highest BCUT2D eigenvalue weighted by Crippen LogP contribution is 2.38. The molecule has 1 saturated carbocycles. The molecule has 0 aliphatic heterocycles. The van der Waals surface area contributed by atoms with E-state index < -0.39 is 0 Å². The van der Waals surface area contributed by atoms with Crippen molar-refractivity contribution in [2.75, 3.05) is 0 Å². The number of rotatable bonds is 2. The molecular formula is C13H21NO.